The summed E-state index contributed by atoms with van der Waals surface area (Å²) < 4.78 is 26.1. The number of likely N-dealkylation sites (N-methyl/N-ethyl adjacent to an activating group) is 1. The molecule has 96 valence electrons. The van der Waals surface area contributed by atoms with Crippen LogP contribution in [0.4, 0.5) is 8.78 Å². The van der Waals surface area contributed by atoms with Crippen LogP contribution in [0.3, 0.4) is 0 Å². The summed E-state index contributed by atoms with van der Waals surface area (Å²) in [5, 5.41) is 3.30. The molecule has 0 aliphatic rings. The minimum Gasteiger partial charge on any atom is -0.313 e. The predicted molar refractivity (Wildman–Crippen MR) is 65.9 cm³/mol. The van der Waals surface area contributed by atoms with Crippen molar-refractivity contribution in [3.63, 3.8) is 0 Å². The number of hydrogen-bond donors (Lipinski definition) is 1. The Bertz CT molecular complexity index is 364. The monoisotopic (exact) mass is 242 g/mol. The van der Waals surface area contributed by atoms with Crippen LogP contribution in [-0.4, -0.2) is 31.6 Å². The lowest BCUT2D eigenvalue weighted by atomic mass is 10.1. The Morgan fingerprint density at radius 2 is 1.82 bits per heavy atom. The normalized spacial score (nSPS) is 13.4. The number of nitrogens with one attached hydrogen (secondary N) is 1. The molecule has 0 saturated heterocycles. The fraction of sp³-hybridized carbons (Fsp3) is 0.538. The second-order valence-corrected chi connectivity index (χ2v) is 4.72. The van der Waals surface area contributed by atoms with E-state index in [9.17, 15) is 8.78 Å². The quantitative estimate of drug-likeness (QED) is 0.853. The van der Waals surface area contributed by atoms with Gasteiger partial charge in [-0.1, -0.05) is 19.9 Å². The smallest absolute Gasteiger partial charge is 0.159 e. The molecule has 2 nitrogen and oxygen atoms in total. The van der Waals surface area contributed by atoms with Gasteiger partial charge in [0.1, 0.15) is 0 Å². The summed E-state index contributed by atoms with van der Waals surface area (Å²) in [7, 11) is 3.85. The molecule has 1 atom stereocenters. The van der Waals surface area contributed by atoms with Gasteiger partial charge < -0.3 is 10.2 Å². The molecule has 0 spiro atoms. The van der Waals surface area contributed by atoms with E-state index in [2.05, 4.69) is 19.2 Å². The Kier molecular flexibility index (Phi) is 5.02. The molecule has 4 heteroatoms. The number of halogens is 2. The number of benzene rings is 1. The van der Waals surface area contributed by atoms with Crippen molar-refractivity contribution in [2.24, 2.45) is 0 Å². The zero-order chi connectivity index (χ0) is 13.0. The van der Waals surface area contributed by atoms with E-state index >= 15 is 0 Å². The summed E-state index contributed by atoms with van der Waals surface area (Å²) in [6, 6.07) is 4.47. The van der Waals surface area contributed by atoms with E-state index in [1.165, 1.54) is 12.1 Å². The lowest BCUT2D eigenvalue weighted by Crippen LogP contribution is -2.34. The summed E-state index contributed by atoms with van der Waals surface area (Å²) in [5.41, 5.74) is 0.780. The molecule has 1 aromatic carbocycles. The van der Waals surface area contributed by atoms with Gasteiger partial charge in [0, 0.05) is 18.6 Å². The lowest BCUT2D eigenvalue weighted by Gasteiger charge is -2.26. The summed E-state index contributed by atoms with van der Waals surface area (Å²) >= 11 is 0. The van der Waals surface area contributed by atoms with Crippen molar-refractivity contribution >= 4 is 0 Å². The number of hydrogen-bond acceptors (Lipinski definition) is 2. The third kappa shape index (κ3) is 4.06. The molecule has 0 aliphatic heterocycles. The zero-order valence-corrected chi connectivity index (χ0v) is 10.8. The van der Waals surface area contributed by atoms with Crippen molar-refractivity contribution < 1.29 is 8.78 Å². The summed E-state index contributed by atoms with van der Waals surface area (Å²) in [5.74, 6) is -1.60. The highest BCUT2D eigenvalue weighted by Gasteiger charge is 2.16. The van der Waals surface area contributed by atoms with E-state index in [0.29, 0.717) is 12.6 Å². The van der Waals surface area contributed by atoms with Crippen LogP contribution in [0.5, 0.6) is 0 Å². The first-order chi connectivity index (χ1) is 7.91. The lowest BCUT2D eigenvalue weighted by molar-refractivity contribution is 0.282. The molecule has 1 unspecified atom stereocenters. The van der Waals surface area contributed by atoms with Gasteiger partial charge in [0.15, 0.2) is 11.6 Å². The van der Waals surface area contributed by atoms with Crippen molar-refractivity contribution in [2.45, 2.75) is 25.9 Å². The van der Waals surface area contributed by atoms with Gasteiger partial charge in [-0.2, -0.15) is 0 Å². The Morgan fingerprint density at radius 1 is 1.18 bits per heavy atom. The number of rotatable bonds is 5. The average molecular weight is 242 g/mol. The highest BCUT2D eigenvalue weighted by atomic mass is 19.2. The van der Waals surface area contributed by atoms with Crippen molar-refractivity contribution in [3.05, 3.63) is 35.4 Å². The van der Waals surface area contributed by atoms with Crippen molar-refractivity contribution in [2.75, 3.05) is 20.6 Å². The van der Waals surface area contributed by atoms with Gasteiger partial charge in [-0.15, -0.1) is 0 Å². The molecule has 0 radical (unpaired) electrons. The summed E-state index contributed by atoms with van der Waals surface area (Å²) in [6.45, 7) is 4.81. The number of nitrogens with zero attached hydrogens (tertiary/aromatic N) is 1. The maximum absolute atomic E-state index is 13.2. The Morgan fingerprint density at radius 3 is 2.29 bits per heavy atom. The van der Waals surface area contributed by atoms with Crippen LogP contribution in [0.15, 0.2) is 18.2 Å². The van der Waals surface area contributed by atoms with E-state index in [1.807, 2.05) is 19.0 Å². The van der Waals surface area contributed by atoms with E-state index in [0.717, 1.165) is 5.56 Å². The summed E-state index contributed by atoms with van der Waals surface area (Å²) in [4.78, 5) is 1.99. The van der Waals surface area contributed by atoms with Crippen LogP contribution < -0.4 is 5.32 Å². The first-order valence-corrected chi connectivity index (χ1v) is 5.76. The Balaban J connectivity index is 2.85. The molecule has 0 fully saturated rings. The van der Waals surface area contributed by atoms with Crippen LogP contribution in [-0.2, 0) is 0 Å². The molecule has 0 saturated carbocycles. The fourth-order valence-corrected chi connectivity index (χ4v) is 1.67. The fourth-order valence-electron chi connectivity index (χ4n) is 1.67. The minimum absolute atomic E-state index is 0.0347. The minimum atomic E-state index is -0.803. The Labute approximate surface area is 102 Å². The van der Waals surface area contributed by atoms with Crippen LogP contribution in [0.25, 0.3) is 0 Å². The molecular formula is C13H20F2N2. The highest BCUT2D eigenvalue weighted by molar-refractivity contribution is 5.21. The standard InChI is InChI=1S/C13H20F2N2/c1-9(2)16-8-13(17(3)4)10-5-6-11(14)12(15)7-10/h5-7,9,13,16H,8H2,1-4H3. The van der Waals surface area contributed by atoms with Crippen LogP contribution >= 0.6 is 0 Å². The SMILES string of the molecule is CC(C)NCC(c1ccc(F)c(F)c1)N(C)C. The average Bonchev–Trinajstić information content (AvgIpc) is 2.22. The van der Waals surface area contributed by atoms with E-state index in [-0.39, 0.29) is 6.04 Å². The molecule has 0 heterocycles. The van der Waals surface area contributed by atoms with Gasteiger partial charge >= 0.3 is 0 Å². The van der Waals surface area contributed by atoms with Gasteiger partial charge in [-0.3, -0.25) is 0 Å². The van der Waals surface area contributed by atoms with E-state index < -0.39 is 11.6 Å². The molecule has 0 aromatic heterocycles. The van der Waals surface area contributed by atoms with Gasteiger partial charge in [0.05, 0.1) is 0 Å². The van der Waals surface area contributed by atoms with E-state index in [4.69, 9.17) is 0 Å². The predicted octanol–water partition coefficient (Wildman–Crippen LogP) is 2.57. The maximum Gasteiger partial charge on any atom is 0.159 e. The van der Waals surface area contributed by atoms with Gasteiger partial charge in [-0.25, -0.2) is 8.78 Å². The maximum atomic E-state index is 13.2. The van der Waals surface area contributed by atoms with Crippen LogP contribution in [0.1, 0.15) is 25.5 Å². The molecule has 1 N–H and O–H groups in total. The second-order valence-electron chi connectivity index (χ2n) is 4.72. The first-order valence-electron chi connectivity index (χ1n) is 5.76. The molecule has 0 amide bonds. The highest BCUT2D eigenvalue weighted by Crippen LogP contribution is 2.19. The molecule has 1 aromatic rings. The summed E-state index contributed by atoms with van der Waals surface area (Å²) in [6.07, 6.45) is 0. The van der Waals surface area contributed by atoms with Crippen molar-refractivity contribution in [3.8, 4) is 0 Å². The van der Waals surface area contributed by atoms with Crippen molar-refractivity contribution in [1.29, 1.82) is 0 Å². The van der Waals surface area contributed by atoms with Gasteiger partial charge in [0.25, 0.3) is 0 Å². The zero-order valence-electron chi connectivity index (χ0n) is 10.8. The molecular weight excluding hydrogens is 222 g/mol. The molecule has 1 rings (SSSR count). The molecule has 17 heavy (non-hydrogen) atoms. The molecule has 0 aliphatic carbocycles. The Hall–Kier alpha value is -1.00. The molecule has 0 bridgehead atoms. The van der Waals surface area contributed by atoms with Crippen LogP contribution in [0.2, 0.25) is 0 Å². The third-order valence-electron chi connectivity index (χ3n) is 2.67. The van der Waals surface area contributed by atoms with Crippen molar-refractivity contribution in [1.82, 2.24) is 10.2 Å². The first kappa shape index (κ1) is 14.1. The topological polar surface area (TPSA) is 15.3 Å². The van der Waals surface area contributed by atoms with Crippen LogP contribution in [0, 0.1) is 11.6 Å². The van der Waals surface area contributed by atoms with Gasteiger partial charge in [0.2, 0.25) is 0 Å². The van der Waals surface area contributed by atoms with Gasteiger partial charge in [-0.05, 0) is 31.8 Å². The largest absolute Gasteiger partial charge is 0.313 e. The second kappa shape index (κ2) is 6.07. The van der Waals surface area contributed by atoms with E-state index in [1.54, 1.807) is 6.07 Å². The third-order valence-corrected chi connectivity index (χ3v) is 2.67.